The van der Waals surface area contributed by atoms with Crippen LogP contribution in [0.3, 0.4) is 0 Å². The third-order valence-corrected chi connectivity index (χ3v) is 3.93. The van der Waals surface area contributed by atoms with Crippen molar-refractivity contribution in [3.05, 3.63) is 58.4 Å². The molecule has 0 atom stereocenters. The Hall–Kier alpha value is -2.21. The van der Waals surface area contributed by atoms with Gasteiger partial charge in [-0.25, -0.2) is 9.37 Å². The van der Waals surface area contributed by atoms with Crippen LogP contribution in [0.2, 0.25) is 0 Å². The number of rotatable bonds is 3. The van der Waals surface area contributed by atoms with Crippen LogP contribution in [0, 0.1) is 5.82 Å². The monoisotopic (exact) mass is 302 g/mol. The zero-order valence-electron chi connectivity index (χ0n) is 12.3. The summed E-state index contributed by atoms with van der Waals surface area (Å²) >= 11 is 0. The first-order chi connectivity index (χ1) is 10.7. The van der Waals surface area contributed by atoms with Crippen LogP contribution in [-0.2, 0) is 6.54 Å². The van der Waals surface area contributed by atoms with Crippen LogP contribution in [0.1, 0.15) is 12.0 Å². The number of aromatic nitrogens is 2. The van der Waals surface area contributed by atoms with Crippen LogP contribution >= 0.6 is 0 Å². The van der Waals surface area contributed by atoms with Gasteiger partial charge in [0, 0.05) is 44.4 Å². The molecule has 0 spiro atoms. The van der Waals surface area contributed by atoms with E-state index in [9.17, 15) is 9.18 Å². The summed E-state index contributed by atoms with van der Waals surface area (Å²) in [6.07, 6.45) is 2.39. The van der Waals surface area contributed by atoms with Gasteiger partial charge in [-0.2, -0.15) is 0 Å². The first-order valence-corrected chi connectivity index (χ1v) is 7.48. The maximum atomic E-state index is 13.7. The van der Waals surface area contributed by atoms with Crippen molar-refractivity contribution >= 4 is 5.82 Å². The van der Waals surface area contributed by atoms with Gasteiger partial charge in [-0.05, 0) is 12.5 Å². The number of aromatic amines is 1. The van der Waals surface area contributed by atoms with E-state index in [0.717, 1.165) is 38.2 Å². The minimum Gasteiger partial charge on any atom is -0.355 e. The van der Waals surface area contributed by atoms with Crippen molar-refractivity contribution in [1.29, 1.82) is 0 Å². The average Bonchev–Trinajstić information content (AvgIpc) is 2.75. The number of H-pyrrole nitrogens is 1. The molecule has 116 valence electrons. The third-order valence-electron chi connectivity index (χ3n) is 3.93. The van der Waals surface area contributed by atoms with E-state index in [1.165, 1.54) is 18.5 Å². The Morgan fingerprint density at radius 3 is 2.86 bits per heavy atom. The summed E-state index contributed by atoms with van der Waals surface area (Å²) < 4.78 is 13.7. The van der Waals surface area contributed by atoms with Crippen molar-refractivity contribution in [1.82, 2.24) is 14.9 Å². The van der Waals surface area contributed by atoms with Crippen LogP contribution in [0.25, 0.3) is 0 Å². The number of hydrogen-bond donors (Lipinski definition) is 1. The Bertz CT molecular complexity index is 688. The Labute approximate surface area is 128 Å². The predicted octanol–water partition coefficient (Wildman–Crippen LogP) is 1.62. The molecule has 3 rings (SSSR count). The van der Waals surface area contributed by atoms with Crippen molar-refractivity contribution in [2.45, 2.75) is 13.0 Å². The summed E-state index contributed by atoms with van der Waals surface area (Å²) in [5.41, 5.74) is 0.586. The Morgan fingerprint density at radius 2 is 2.05 bits per heavy atom. The maximum absolute atomic E-state index is 13.7. The quantitative estimate of drug-likeness (QED) is 0.936. The molecule has 5 nitrogen and oxygen atoms in total. The number of halogens is 1. The second-order valence-electron chi connectivity index (χ2n) is 5.48. The molecule has 2 heterocycles. The minimum atomic E-state index is -0.153. The van der Waals surface area contributed by atoms with Gasteiger partial charge in [0.15, 0.2) is 0 Å². The molecule has 0 unspecified atom stereocenters. The molecule has 0 bridgehead atoms. The molecule has 0 saturated carbocycles. The lowest BCUT2D eigenvalue weighted by Crippen LogP contribution is -2.31. The highest BCUT2D eigenvalue weighted by molar-refractivity contribution is 5.36. The Balaban J connectivity index is 1.65. The van der Waals surface area contributed by atoms with E-state index in [1.54, 1.807) is 6.07 Å². The molecular formula is C16H19FN4O. The number of nitrogens with one attached hydrogen (secondary N) is 1. The van der Waals surface area contributed by atoms with E-state index in [0.29, 0.717) is 12.4 Å². The molecule has 1 aromatic carbocycles. The van der Waals surface area contributed by atoms with Crippen LogP contribution < -0.4 is 10.5 Å². The lowest BCUT2D eigenvalue weighted by Gasteiger charge is -2.22. The van der Waals surface area contributed by atoms with Gasteiger partial charge in [0.05, 0.1) is 6.33 Å². The second-order valence-corrected chi connectivity index (χ2v) is 5.48. The number of benzene rings is 1. The third kappa shape index (κ3) is 3.51. The lowest BCUT2D eigenvalue weighted by molar-refractivity contribution is 0.281. The van der Waals surface area contributed by atoms with Crippen molar-refractivity contribution < 1.29 is 4.39 Å². The molecule has 0 aliphatic carbocycles. The van der Waals surface area contributed by atoms with Gasteiger partial charge in [-0.1, -0.05) is 18.2 Å². The van der Waals surface area contributed by atoms with E-state index >= 15 is 0 Å². The summed E-state index contributed by atoms with van der Waals surface area (Å²) in [4.78, 5) is 22.5. The molecule has 6 heteroatoms. The van der Waals surface area contributed by atoms with Crippen LogP contribution in [0.4, 0.5) is 10.2 Å². The largest absolute Gasteiger partial charge is 0.355 e. The molecule has 2 aromatic rings. The number of hydrogen-bond acceptors (Lipinski definition) is 4. The van der Waals surface area contributed by atoms with Crippen LogP contribution in [0.15, 0.2) is 41.5 Å². The molecule has 1 aliphatic heterocycles. The van der Waals surface area contributed by atoms with Gasteiger partial charge in [0.2, 0.25) is 0 Å². The molecule has 1 aromatic heterocycles. The highest BCUT2D eigenvalue weighted by atomic mass is 19.1. The van der Waals surface area contributed by atoms with Crippen LogP contribution in [-0.4, -0.2) is 41.0 Å². The standard InChI is InChI=1S/C16H19FN4O/c17-14-5-2-1-4-13(14)11-20-6-3-7-21(9-8-20)15-10-16(22)19-12-18-15/h1-2,4-5,10,12H,3,6-9,11H2,(H,18,19,22). The first kappa shape index (κ1) is 14.7. The molecule has 0 amide bonds. The summed E-state index contributed by atoms with van der Waals surface area (Å²) in [6, 6.07) is 8.42. The van der Waals surface area contributed by atoms with Crippen molar-refractivity contribution in [3.63, 3.8) is 0 Å². The minimum absolute atomic E-state index is 0.141. The van der Waals surface area contributed by atoms with Gasteiger partial charge in [0.25, 0.3) is 5.56 Å². The molecule has 1 fully saturated rings. The molecule has 1 saturated heterocycles. The predicted molar refractivity (Wildman–Crippen MR) is 83.4 cm³/mol. The fraction of sp³-hybridized carbons (Fsp3) is 0.375. The summed E-state index contributed by atoms with van der Waals surface area (Å²) in [5.74, 6) is 0.552. The Kier molecular flexibility index (Phi) is 4.48. The summed E-state index contributed by atoms with van der Waals surface area (Å²) in [5, 5.41) is 0. The van der Waals surface area contributed by atoms with Gasteiger partial charge in [0.1, 0.15) is 11.6 Å². The fourth-order valence-electron chi connectivity index (χ4n) is 2.76. The highest BCUT2D eigenvalue weighted by Crippen LogP contribution is 2.14. The van der Waals surface area contributed by atoms with E-state index < -0.39 is 0 Å². The van der Waals surface area contributed by atoms with E-state index in [-0.39, 0.29) is 11.4 Å². The topological polar surface area (TPSA) is 52.2 Å². The van der Waals surface area contributed by atoms with E-state index in [2.05, 4.69) is 19.8 Å². The smallest absolute Gasteiger partial charge is 0.252 e. The number of anilines is 1. The normalized spacial score (nSPS) is 16.5. The molecule has 1 aliphatic rings. The zero-order chi connectivity index (χ0) is 15.4. The van der Waals surface area contributed by atoms with Crippen molar-refractivity contribution in [3.8, 4) is 0 Å². The first-order valence-electron chi connectivity index (χ1n) is 7.48. The summed E-state index contributed by atoms with van der Waals surface area (Å²) in [7, 11) is 0. The summed E-state index contributed by atoms with van der Waals surface area (Å²) in [6.45, 7) is 3.98. The molecular weight excluding hydrogens is 283 g/mol. The molecule has 0 radical (unpaired) electrons. The average molecular weight is 302 g/mol. The number of nitrogens with zero attached hydrogens (tertiary/aromatic N) is 3. The van der Waals surface area contributed by atoms with Gasteiger partial charge in [-0.3, -0.25) is 9.69 Å². The zero-order valence-corrected chi connectivity index (χ0v) is 12.3. The van der Waals surface area contributed by atoms with Gasteiger partial charge >= 0.3 is 0 Å². The second kappa shape index (κ2) is 6.70. The van der Waals surface area contributed by atoms with Crippen LogP contribution in [0.5, 0.6) is 0 Å². The lowest BCUT2D eigenvalue weighted by atomic mass is 10.2. The fourth-order valence-corrected chi connectivity index (χ4v) is 2.76. The highest BCUT2D eigenvalue weighted by Gasteiger charge is 2.17. The van der Waals surface area contributed by atoms with Crippen molar-refractivity contribution in [2.75, 3.05) is 31.1 Å². The SMILES string of the molecule is O=c1cc(N2CCCN(Cc3ccccc3F)CC2)nc[nH]1. The van der Waals surface area contributed by atoms with Gasteiger partial charge in [-0.15, -0.1) is 0 Å². The molecule has 22 heavy (non-hydrogen) atoms. The molecule has 1 N–H and O–H groups in total. The van der Waals surface area contributed by atoms with Crippen molar-refractivity contribution in [2.24, 2.45) is 0 Å². The van der Waals surface area contributed by atoms with E-state index in [1.807, 2.05) is 12.1 Å². The van der Waals surface area contributed by atoms with Gasteiger partial charge < -0.3 is 9.88 Å². The maximum Gasteiger partial charge on any atom is 0.252 e. The van der Waals surface area contributed by atoms with E-state index in [4.69, 9.17) is 0 Å². The Morgan fingerprint density at radius 1 is 1.18 bits per heavy atom.